The normalized spacial score (nSPS) is 11.5. The van der Waals surface area contributed by atoms with E-state index in [1.165, 1.54) is 17.5 Å². The van der Waals surface area contributed by atoms with Crippen molar-refractivity contribution in [2.24, 2.45) is 27.1 Å². The van der Waals surface area contributed by atoms with Crippen LogP contribution in [0.2, 0.25) is 0 Å². The van der Waals surface area contributed by atoms with Gasteiger partial charge in [-0.15, -0.1) is 0 Å². The second-order valence-electron chi connectivity index (χ2n) is 8.81. The summed E-state index contributed by atoms with van der Waals surface area (Å²) in [6.45, 7) is 15.5. The molecule has 3 N–H and O–H groups in total. The fourth-order valence-corrected chi connectivity index (χ4v) is 2.29. The number of phenolic OH excluding ortho intramolecular Hbond substituents is 1. The molecule has 0 aliphatic carbocycles. The number of rotatable bonds is 4. The van der Waals surface area contributed by atoms with Crippen molar-refractivity contribution in [3.05, 3.63) is 65.7 Å². The summed E-state index contributed by atoms with van der Waals surface area (Å²) >= 11 is 0. The van der Waals surface area contributed by atoms with Crippen LogP contribution < -0.4 is 5.73 Å². The summed E-state index contributed by atoms with van der Waals surface area (Å²) < 4.78 is 0. The molecule has 2 aromatic carbocycles. The average molecular weight is 412 g/mol. The summed E-state index contributed by atoms with van der Waals surface area (Å²) in [5, 5.41) is 9.04. The summed E-state index contributed by atoms with van der Waals surface area (Å²) in [5.41, 5.74) is 7.63. The van der Waals surface area contributed by atoms with Crippen LogP contribution in [0.3, 0.4) is 0 Å². The first-order valence-electron chi connectivity index (χ1n) is 10.7. The van der Waals surface area contributed by atoms with Crippen molar-refractivity contribution < 1.29 is 5.11 Å². The van der Waals surface area contributed by atoms with E-state index in [4.69, 9.17) is 10.8 Å². The van der Waals surface area contributed by atoms with Gasteiger partial charge in [0.1, 0.15) is 11.6 Å². The van der Waals surface area contributed by atoms with E-state index in [1.54, 1.807) is 6.07 Å². The van der Waals surface area contributed by atoms with Gasteiger partial charge in [-0.3, -0.25) is 4.99 Å². The Kier molecular flexibility index (Phi) is 13.9. The van der Waals surface area contributed by atoms with E-state index in [0.717, 1.165) is 24.6 Å². The van der Waals surface area contributed by atoms with Crippen LogP contribution in [0.5, 0.6) is 5.75 Å². The Morgan fingerprint density at radius 3 is 2.03 bits per heavy atom. The summed E-state index contributed by atoms with van der Waals surface area (Å²) in [7, 11) is 0. The molecular weight excluding hydrogens is 370 g/mol. The fourth-order valence-electron chi connectivity index (χ4n) is 2.29. The molecule has 0 fully saturated rings. The lowest BCUT2D eigenvalue weighted by molar-refractivity contribution is 0.474. The summed E-state index contributed by atoms with van der Waals surface area (Å²) in [5.74, 6) is 1.98. The number of benzene rings is 2. The second-order valence-corrected chi connectivity index (χ2v) is 8.81. The van der Waals surface area contributed by atoms with Gasteiger partial charge in [-0.05, 0) is 35.6 Å². The van der Waals surface area contributed by atoms with Crippen molar-refractivity contribution in [3.63, 3.8) is 0 Å². The molecule has 0 radical (unpaired) electrons. The zero-order chi connectivity index (χ0) is 23.0. The van der Waals surface area contributed by atoms with E-state index < -0.39 is 0 Å². The van der Waals surface area contributed by atoms with Crippen molar-refractivity contribution >= 4 is 12.2 Å². The predicted molar refractivity (Wildman–Crippen MR) is 132 cm³/mol. The summed E-state index contributed by atoms with van der Waals surface area (Å²) in [6.07, 6.45) is 3.48. The molecule has 0 saturated heterocycles. The molecule has 0 heterocycles. The maximum atomic E-state index is 9.04. The minimum absolute atomic E-state index is 0.0787. The van der Waals surface area contributed by atoms with Crippen LogP contribution in [0.1, 0.15) is 66.0 Å². The van der Waals surface area contributed by atoms with E-state index >= 15 is 0 Å². The van der Waals surface area contributed by atoms with Crippen molar-refractivity contribution in [1.29, 1.82) is 0 Å². The summed E-state index contributed by atoms with van der Waals surface area (Å²) in [6, 6.07) is 17.5. The van der Waals surface area contributed by atoms with Crippen LogP contribution in [0, 0.1) is 11.3 Å². The molecule has 0 aromatic heterocycles. The third kappa shape index (κ3) is 14.4. The highest BCUT2D eigenvalue weighted by atomic mass is 16.3. The van der Waals surface area contributed by atoms with E-state index in [-0.39, 0.29) is 5.41 Å². The van der Waals surface area contributed by atoms with Crippen molar-refractivity contribution in [2.75, 3.05) is 0 Å². The number of nitrogens with zero attached hydrogens (tertiary/aromatic N) is 2. The Morgan fingerprint density at radius 1 is 1.00 bits per heavy atom. The van der Waals surface area contributed by atoms with Gasteiger partial charge in [-0.1, -0.05) is 97.4 Å². The van der Waals surface area contributed by atoms with Crippen LogP contribution in [-0.2, 0) is 13.0 Å². The molecule has 4 nitrogen and oxygen atoms in total. The molecule has 0 atom stereocenters. The molecule has 4 heteroatoms. The largest absolute Gasteiger partial charge is 0.508 e. The molecule has 0 aliphatic rings. The molecule has 0 saturated carbocycles. The smallest absolute Gasteiger partial charge is 0.130 e. The molecule has 0 spiro atoms. The first kappa shape index (κ1) is 27.4. The standard InChI is InChI=1S/C13H19N3.C9H12O.C4H10/c1-13(2,3)12(16-10-14)15-9-11-7-5-4-6-8-11;1-2-4-8-5-3-6-9(10)7-8;1-4(2)3/h4-8,10H,9H2,1-3H3,(H2,14,15,16);3,5-7,10H,2,4H2,1H3;4H,1-3H3. The van der Waals surface area contributed by atoms with Crippen molar-refractivity contribution in [2.45, 2.75) is 67.9 Å². The zero-order valence-electron chi connectivity index (χ0n) is 19.9. The van der Waals surface area contributed by atoms with Gasteiger partial charge in [0.2, 0.25) is 0 Å². The molecule has 0 bridgehead atoms. The molecular formula is C26H41N3O. The number of aliphatic imine (C=N–C) groups is 2. The Balaban J connectivity index is 0.000000510. The van der Waals surface area contributed by atoms with E-state index in [1.807, 2.05) is 36.4 Å². The number of nitrogens with two attached hydrogens (primary N) is 1. The minimum Gasteiger partial charge on any atom is -0.508 e. The Hall–Kier alpha value is -2.62. The number of hydrogen-bond donors (Lipinski definition) is 2. The second kappa shape index (κ2) is 15.3. The van der Waals surface area contributed by atoms with E-state index in [0.29, 0.717) is 12.3 Å². The highest BCUT2D eigenvalue weighted by molar-refractivity contribution is 5.92. The van der Waals surface area contributed by atoms with Crippen molar-refractivity contribution in [1.82, 2.24) is 0 Å². The molecule has 166 valence electrons. The number of amidine groups is 1. The van der Waals surface area contributed by atoms with Gasteiger partial charge in [-0.25, -0.2) is 4.99 Å². The first-order valence-corrected chi connectivity index (χ1v) is 10.7. The van der Waals surface area contributed by atoms with Gasteiger partial charge >= 0.3 is 0 Å². The fraction of sp³-hybridized carbons (Fsp3) is 0.462. The molecule has 30 heavy (non-hydrogen) atoms. The lowest BCUT2D eigenvalue weighted by atomic mass is 9.95. The average Bonchev–Trinajstić information content (AvgIpc) is 2.65. The Morgan fingerprint density at radius 2 is 1.57 bits per heavy atom. The highest BCUT2D eigenvalue weighted by Gasteiger charge is 2.17. The van der Waals surface area contributed by atoms with E-state index in [2.05, 4.69) is 70.6 Å². The Labute approximate surface area is 184 Å². The lowest BCUT2D eigenvalue weighted by Crippen LogP contribution is -2.19. The van der Waals surface area contributed by atoms with Gasteiger partial charge < -0.3 is 10.8 Å². The SMILES string of the molecule is CC(C)(C)C(N=CN)=NCc1ccccc1.CC(C)C.CCCc1cccc(O)c1. The van der Waals surface area contributed by atoms with Crippen LogP contribution in [0.4, 0.5) is 0 Å². The monoisotopic (exact) mass is 411 g/mol. The third-order valence-electron chi connectivity index (χ3n) is 3.57. The summed E-state index contributed by atoms with van der Waals surface area (Å²) in [4.78, 5) is 8.61. The maximum Gasteiger partial charge on any atom is 0.130 e. The van der Waals surface area contributed by atoms with Gasteiger partial charge in [0.05, 0.1) is 12.9 Å². The van der Waals surface area contributed by atoms with Gasteiger partial charge in [0, 0.05) is 5.41 Å². The van der Waals surface area contributed by atoms with Gasteiger partial charge in [0.25, 0.3) is 0 Å². The van der Waals surface area contributed by atoms with Crippen molar-refractivity contribution in [3.8, 4) is 5.75 Å². The number of phenols is 1. The maximum absolute atomic E-state index is 9.04. The topological polar surface area (TPSA) is 71.0 Å². The first-order chi connectivity index (χ1) is 14.1. The third-order valence-corrected chi connectivity index (χ3v) is 3.57. The minimum atomic E-state index is -0.0787. The molecule has 2 rings (SSSR count). The van der Waals surface area contributed by atoms with Gasteiger partial charge in [-0.2, -0.15) is 0 Å². The quantitative estimate of drug-likeness (QED) is 0.438. The lowest BCUT2D eigenvalue weighted by Gasteiger charge is -2.17. The van der Waals surface area contributed by atoms with Crippen LogP contribution in [-0.4, -0.2) is 17.3 Å². The molecule has 0 amide bonds. The molecule has 0 aliphatic heterocycles. The van der Waals surface area contributed by atoms with Crippen LogP contribution in [0.15, 0.2) is 64.6 Å². The Bertz CT molecular complexity index is 742. The van der Waals surface area contributed by atoms with Crippen LogP contribution >= 0.6 is 0 Å². The van der Waals surface area contributed by atoms with Crippen LogP contribution in [0.25, 0.3) is 0 Å². The number of aromatic hydroxyl groups is 1. The van der Waals surface area contributed by atoms with E-state index in [9.17, 15) is 0 Å². The molecule has 2 aromatic rings. The number of aryl methyl sites for hydroxylation is 1. The number of hydrogen-bond acceptors (Lipinski definition) is 2. The zero-order valence-corrected chi connectivity index (χ0v) is 19.9. The predicted octanol–water partition coefficient (Wildman–Crippen LogP) is 6.63. The highest BCUT2D eigenvalue weighted by Crippen LogP contribution is 2.17. The molecule has 0 unspecified atom stereocenters. The van der Waals surface area contributed by atoms with Gasteiger partial charge in [0.15, 0.2) is 0 Å².